The van der Waals surface area contributed by atoms with Crippen molar-refractivity contribution in [3.63, 3.8) is 0 Å². The smallest absolute Gasteiger partial charge is 0.321 e. The topological polar surface area (TPSA) is 92.8 Å². The summed E-state index contributed by atoms with van der Waals surface area (Å²) in [5.41, 5.74) is 1.05. The first-order chi connectivity index (χ1) is 13.6. The van der Waals surface area contributed by atoms with Gasteiger partial charge in [0.1, 0.15) is 12.4 Å². The maximum atomic E-state index is 13.5. The number of aryl methyl sites for hydroxylation is 1. The molecular weight excluding hydrogens is 423 g/mol. The number of amides is 1. The van der Waals surface area contributed by atoms with E-state index in [2.05, 4.69) is 5.32 Å². The molecule has 0 aromatic heterocycles. The lowest BCUT2D eigenvalue weighted by atomic mass is 10.1. The Morgan fingerprint density at radius 1 is 1.17 bits per heavy atom. The Morgan fingerprint density at radius 2 is 1.83 bits per heavy atom. The molecule has 7 nitrogen and oxygen atoms in total. The number of nitrogens with one attached hydrogen (secondary N) is 1. The van der Waals surface area contributed by atoms with Crippen LogP contribution < -0.4 is 5.32 Å². The van der Waals surface area contributed by atoms with Gasteiger partial charge in [0.15, 0.2) is 6.61 Å². The molecule has 1 amide bonds. The number of hydrogen-bond acceptors (Lipinski definition) is 5. The molecule has 29 heavy (non-hydrogen) atoms. The summed E-state index contributed by atoms with van der Waals surface area (Å²) in [7, 11) is -2.69. The normalized spacial score (nSPS) is 11.3. The minimum absolute atomic E-state index is 0.0275. The lowest BCUT2D eigenvalue weighted by Crippen LogP contribution is -2.35. The molecule has 0 saturated heterocycles. The SMILES string of the molecule is Cc1ccc(CNC(=O)COC(=O)CN(C)S(=O)(=O)c2ccc(Cl)cc2)cc1F. The van der Waals surface area contributed by atoms with E-state index < -0.39 is 35.1 Å². The first-order valence-corrected chi connectivity index (χ1v) is 10.3. The second kappa shape index (κ2) is 9.82. The predicted octanol–water partition coefficient (Wildman–Crippen LogP) is 2.27. The molecular formula is C19H20ClFN2O5S. The molecule has 1 N–H and O–H groups in total. The van der Waals surface area contributed by atoms with Gasteiger partial charge in [-0.15, -0.1) is 0 Å². The van der Waals surface area contributed by atoms with E-state index in [-0.39, 0.29) is 17.3 Å². The summed E-state index contributed by atoms with van der Waals surface area (Å²) in [4.78, 5) is 23.6. The fourth-order valence-electron chi connectivity index (χ4n) is 2.24. The van der Waals surface area contributed by atoms with Gasteiger partial charge in [0.05, 0.1) is 4.90 Å². The van der Waals surface area contributed by atoms with Crippen LogP contribution in [0.1, 0.15) is 11.1 Å². The van der Waals surface area contributed by atoms with E-state index in [4.69, 9.17) is 16.3 Å². The van der Waals surface area contributed by atoms with Gasteiger partial charge in [0, 0.05) is 18.6 Å². The Labute approximate surface area is 173 Å². The second-order valence-corrected chi connectivity index (χ2v) is 8.72. The minimum atomic E-state index is -3.91. The zero-order chi connectivity index (χ0) is 21.6. The number of ether oxygens (including phenoxy) is 1. The average Bonchev–Trinajstić information content (AvgIpc) is 2.67. The van der Waals surface area contributed by atoms with E-state index in [9.17, 15) is 22.4 Å². The standard InChI is InChI=1S/C19H20ClFN2O5S/c1-13-3-4-14(9-17(13)21)10-22-18(24)12-28-19(25)11-23(2)29(26,27)16-7-5-15(20)6-8-16/h3-9H,10-12H2,1-2H3,(H,22,24). The van der Waals surface area contributed by atoms with Crippen LogP contribution in [0.5, 0.6) is 0 Å². The van der Waals surface area contributed by atoms with Crippen molar-refractivity contribution in [2.75, 3.05) is 20.2 Å². The highest BCUT2D eigenvalue weighted by atomic mass is 35.5. The van der Waals surface area contributed by atoms with Gasteiger partial charge >= 0.3 is 5.97 Å². The van der Waals surface area contributed by atoms with Gasteiger partial charge in [0.25, 0.3) is 5.91 Å². The molecule has 0 saturated carbocycles. The Balaban J connectivity index is 1.81. The fraction of sp³-hybridized carbons (Fsp3) is 0.263. The van der Waals surface area contributed by atoms with Crippen LogP contribution in [0.3, 0.4) is 0 Å². The van der Waals surface area contributed by atoms with E-state index in [0.717, 1.165) is 4.31 Å². The highest BCUT2D eigenvalue weighted by molar-refractivity contribution is 7.89. The number of hydrogen-bond donors (Lipinski definition) is 1. The van der Waals surface area contributed by atoms with Crippen molar-refractivity contribution in [2.24, 2.45) is 0 Å². The Hall–Kier alpha value is -2.49. The van der Waals surface area contributed by atoms with Gasteiger partial charge in [-0.2, -0.15) is 4.31 Å². The monoisotopic (exact) mass is 442 g/mol. The molecule has 0 bridgehead atoms. The number of halogens is 2. The summed E-state index contributed by atoms with van der Waals surface area (Å²) in [6, 6.07) is 10.0. The molecule has 0 aliphatic rings. The quantitative estimate of drug-likeness (QED) is 0.633. The largest absolute Gasteiger partial charge is 0.455 e. The molecule has 0 aliphatic heterocycles. The van der Waals surface area contributed by atoms with Crippen molar-refractivity contribution in [3.05, 3.63) is 64.4 Å². The number of carbonyl (C=O) groups excluding carboxylic acids is 2. The number of nitrogens with zero attached hydrogens (tertiary/aromatic N) is 1. The number of rotatable bonds is 8. The van der Waals surface area contributed by atoms with E-state index in [1.165, 1.54) is 37.4 Å². The van der Waals surface area contributed by atoms with Crippen LogP contribution >= 0.6 is 11.6 Å². The van der Waals surface area contributed by atoms with E-state index >= 15 is 0 Å². The van der Waals surface area contributed by atoms with Crippen molar-refractivity contribution >= 4 is 33.5 Å². The number of carbonyl (C=O) groups is 2. The lowest BCUT2D eigenvalue weighted by molar-refractivity contribution is -0.148. The van der Waals surface area contributed by atoms with Crippen LogP contribution in [-0.2, 0) is 30.9 Å². The van der Waals surface area contributed by atoms with Crippen LogP contribution in [-0.4, -0.2) is 44.8 Å². The van der Waals surface area contributed by atoms with Crippen molar-refractivity contribution < 1.29 is 27.1 Å². The number of likely N-dealkylation sites (N-methyl/N-ethyl adjacent to an activating group) is 1. The zero-order valence-corrected chi connectivity index (χ0v) is 17.4. The van der Waals surface area contributed by atoms with Crippen LogP contribution in [0.25, 0.3) is 0 Å². The van der Waals surface area contributed by atoms with Crippen molar-refractivity contribution in [3.8, 4) is 0 Å². The molecule has 2 aromatic rings. The van der Waals surface area contributed by atoms with E-state index in [1.54, 1.807) is 19.1 Å². The first kappa shape index (κ1) is 22.8. The van der Waals surface area contributed by atoms with Gasteiger partial charge in [-0.25, -0.2) is 12.8 Å². The second-order valence-electron chi connectivity index (χ2n) is 6.24. The molecule has 0 aliphatic carbocycles. The molecule has 0 heterocycles. The maximum Gasteiger partial charge on any atom is 0.321 e. The summed E-state index contributed by atoms with van der Waals surface area (Å²) in [5, 5.41) is 2.87. The highest BCUT2D eigenvalue weighted by Gasteiger charge is 2.23. The highest BCUT2D eigenvalue weighted by Crippen LogP contribution is 2.17. The molecule has 2 rings (SSSR count). The first-order valence-electron chi connectivity index (χ1n) is 8.49. The summed E-state index contributed by atoms with van der Waals surface area (Å²) >= 11 is 5.74. The van der Waals surface area contributed by atoms with Crippen molar-refractivity contribution in [1.82, 2.24) is 9.62 Å². The zero-order valence-electron chi connectivity index (χ0n) is 15.8. The lowest BCUT2D eigenvalue weighted by Gasteiger charge is -2.16. The van der Waals surface area contributed by atoms with Gasteiger partial charge in [-0.05, 0) is 48.4 Å². The van der Waals surface area contributed by atoms with Gasteiger partial charge < -0.3 is 10.1 Å². The molecule has 156 valence electrons. The Kier molecular flexibility index (Phi) is 7.72. The Bertz CT molecular complexity index is 996. The number of benzene rings is 2. The summed E-state index contributed by atoms with van der Waals surface area (Å²) < 4.78 is 43.9. The third kappa shape index (κ3) is 6.52. The van der Waals surface area contributed by atoms with E-state index in [1.807, 2.05) is 0 Å². The molecule has 10 heteroatoms. The molecule has 0 radical (unpaired) electrons. The van der Waals surface area contributed by atoms with Crippen LogP contribution in [0.2, 0.25) is 5.02 Å². The predicted molar refractivity (Wildman–Crippen MR) is 105 cm³/mol. The van der Waals surface area contributed by atoms with Crippen molar-refractivity contribution in [1.29, 1.82) is 0 Å². The van der Waals surface area contributed by atoms with Crippen LogP contribution in [0.15, 0.2) is 47.4 Å². The minimum Gasteiger partial charge on any atom is -0.455 e. The van der Waals surface area contributed by atoms with Gasteiger partial charge in [0.2, 0.25) is 10.0 Å². The Morgan fingerprint density at radius 3 is 2.45 bits per heavy atom. The fourth-order valence-corrected chi connectivity index (χ4v) is 3.48. The molecule has 0 spiro atoms. The third-order valence-electron chi connectivity index (χ3n) is 3.96. The van der Waals surface area contributed by atoms with Gasteiger partial charge in [-0.3, -0.25) is 9.59 Å². The van der Waals surface area contributed by atoms with Crippen LogP contribution in [0.4, 0.5) is 4.39 Å². The number of esters is 1. The van der Waals surface area contributed by atoms with Crippen molar-refractivity contribution in [2.45, 2.75) is 18.4 Å². The average molecular weight is 443 g/mol. The molecule has 0 unspecified atom stereocenters. The maximum absolute atomic E-state index is 13.5. The van der Waals surface area contributed by atoms with Gasteiger partial charge in [-0.1, -0.05) is 23.7 Å². The third-order valence-corrected chi connectivity index (χ3v) is 6.03. The van der Waals surface area contributed by atoms with Crippen LogP contribution in [0, 0.1) is 12.7 Å². The summed E-state index contributed by atoms with van der Waals surface area (Å²) in [6.45, 7) is 0.545. The summed E-state index contributed by atoms with van der Waals surface area (Å²) in [5.74, 6) is -1.86. The number of sulfonamides is 1. The molecule has 0 fully saturated rings. The molecule has 0 atom stereocenters. The molecule has 2 aromatic carbocycles. The van der Waals surface area contributed by atoms with E-state index in [0.29, 0.717) is 16.1 Å². The summed E-state index contributed by atoms with van der Waals surface area (Å²) in [6.07, 6.45) is 0.